The molecule has 194 valence electrons. The zero-order valence-corrected chi connectivity index (χ0v) is 21.4. The molecular formula is C29H33N3O5. The van der Waals surface area contributed by atoms with Gasteiger partial charge in [-0.15, -0.1) is 0 Å². The molecule has 0 aliphatic carbocycles. The van der Waals surface area contributed by atoms with E-state index in [1.54, 1.807) is 4.90 Å². The first-order valence-corrected chi connectivity index (χ1v) is 12.6. The Morgan fingerprint density at radius 3 is 2.62 bits per heavy atom. The molecule has 8 nitrogen and oxygen atoms in total. The van der Waals surface area contributed by atoms with Crippen LogP contribution >= 0.6 is 0 Å². The van der Waals surface area contributed by atoms with Gasteiger partial charge in [-0.25, -0.2) is 4.79 Å². The van der Waals surface area contributed by atoms with Gasteiger partial charge in [0.1, 0.15) is 17.8 Å². The van der Waals surface area contributed by atoms with Crippen LogP contribution in [0.3, 0.4) is 0 Å². The molecule has 2 atom stereocenters. The number of para-hydroxylation sites is 1. The zero-order chi connectivity index (χ0) is 26.5. The van der Waals surface area contributed by atoms with E-state index in [2.05, 4.69) is 5.32 Å². The SMILES string of the molecule is CCCOc1ccc2ccccc2c1CN1C(=O)[C@@H](NC(=O)[C@H](C)N(C)C(=O)O)CCc2ccccc21. The summed E-state index contributed by atoms with van der Waals surface area (Å²) in [5.41, 5.74) is 2.72. The third-order valence-corrected chi connectivity index (χ3v) is 6.90. The van der Waals surface area contributed by atoms with Gasteiger partial charge in [-0.2, -0.15) is 0 Å². The molecule has 1 heterocycles. The average molecular weight is 504 g/mol. The van der Waals surface area contributed by atoms with Crippen molar-refractivity contribution in [3.63, 3.8) is 0 Å². The van der Waals surface area contributed by atoms with Crippen molar-refractivity contribution < 1.29 is 24.2 Å². The first-order chi connectivity index (χ1) is 17.8. The zero-order valence-electron chi connectivity index (χ0n) is 21.4. The molecule has 0 saturated heterocycles. The number of fused-ring (bicyclic) bond motifs is 2. The van der Waals surface area contributed by atoms with E-state index < -0.39 is 24.1 Å². The molecule has 0 fully saturated rings. The van der Waals surface area contributed by atoms with Gasteiger partial charge in [-0.05, 0) is 54.7 Å². The normalized spacial score (nSPS) is 16.0. The summed E-state index contributed by atoms with van der Waals surface area (Å²) >= 11 is 0. The monoisotopic (exact) mass is 503 g/mol. The van der Waals surface area contributed by atoms with E-state index in [9.17, 15) is 19.5 Å². The Kier molecular flexibility index (Phi) is 7.96. The maximum atomic E-state index is 14.0. The van der Waals surface area contributed by atoms with E-state index in [0.717, 1.165) is 44.7 Å². The Balaban J connectivity index is 1.72. The number of rotatable bonds is 8. The molecule has 0 saturated carbocycles. The summed E-state index contributed by atoms with van der Waals surface area (Å²) in [4.78, 5) is 40.9. The summed E-state index contributed by atoms with van der Waals surface area (Å²) in [6.07, 6.45) is 0.659. The van der Waals surface area contributed by atoms with E-state index in [1.165, 1.54) is 14.0 Å². The van der Waals surface area contributed by atoms with Crippen molar-refractivity contribution in [1.82, 2.24) is 10.2 Å². The molecule has 0 bridgehead atoms. The molecule has 1 aliphatic heterocycles. The Morgan fingerprint density at radius 1 is 1.14 bits per heavy atom. The van der Waals surface area contributed by atoms with Crippen molar-refractivity contribution in [2.24, 2.45) is 0 Å². The van der Waals surface area contributed by atoms with Crippen LogP contribution in [0.15, 0.2) is 60.7 Å². The number of aryl methyl sites for hydroxylation is 1. The molecule has 0 unspecified atom stereocenters. The van der Waals surface area contributed by atoms with Crippen LogP contribution in [0, 0.1) is 0 Å². The fourth-order valence-corrected chi connectivity index (χ4v) is 4.63. The molecule has 0 aromatic heterocycles. The Bertz CT molecular complexity index is 1310. The van der Waals surface area contributed by atoms with Gasteiger partial charge in [-0.3, -0.25) is 14.5 Å². The lowest BCUT2D eigenvalue weighted by Crippen LogP contribution is -2.53. The smallest absolute Gasteiger partial charge is 0.407 e. The van der Waals surface area contributed by atoms with Gasteiger partial charge in [0.25, 0.3) is 0 Å². The molecule has 4 rings (SSSR count). The van der Waals surface area contributed by atoms with Crippen LogP contribution in [0.5, 0.6) is 5.75 Å². The summed E-state index contributed by atoms with van der Waals surface area (Å²) in [6.45, 7) is 4.38. The minimum absolute atomic E-state index is 0.238. The Hall–Kier alpha value is -4.07. The van der Waals surface area contributed by atoms with Gasteiger partial charge < -0.3 is 20.1 Å². The van der Waals surface area contributed by atoms with E-state index in [4.69, 9.17) is 4.74 Å². The third kappa shape index (κ3) is 5.53. The van der Waals surface area contributed by atoms with Gasteiger partial charge in [0.2, 0.25) is 11.8 Å². The number of hydrogen-bond donors (Lipinski definition) is 2. The molecule has 0 radical (unpaired) electrons. The summed E-state index contributed by atoms with van der Waals surface area (Å²) < 4.78 is 6.09. The molecule has 1 aliphatic rings. The number of anilines is 1. The molecule has 3 amide bonds. The van der Waals surface area contributed by atoms with Crippen molar-refractivity contribution in [3.05, 3.63) is 71.8 Å². The number of carbonyl (C=O) groups excluding carboxylic acids is 2. The van der Waals surface area contributed by atoms with Gasteiger partial charge in [-0.1, -0.05) is 55.5 Å². The van der Waals surface area contributed by atoms with Gasteiger partial charge >= 0.3 is 6.09 Å². The van der Waals surface area contributed by atoms with Crippen LogP contribution in [-0.2, 0) is 22.6 Å². The van der Waals surface area contributed by atoms with E-state index in [1.807, 2.05) is 67.6 Å². The van der Waals surface area contributed by atoms with Gasteiger partial charge in [0, 0.05) is 18.3 Å². The van der Waals surface area contributed by atoms with Crippen LogP contribution in [0.25, 0.3) is 10.8 Å². The second-order valence-corrected chi connectivity index (χ2v) is 9.33. The minimum Gasteiger partial charge on any atom is -0.493 e. The summed E-state index contributed by atoms with van der Waals surface area (Å²) in [7, 11) is 1.34. The highest BCUT2D eigenvalue weighted by Gasteiger charge is 2.34. The third-order valence-electron chi connectivity index (χ3n) is 6.90. The lowest BCUT2D eigenvalue weighted by molar-refractivity contribution is -0.130. The number of nitrogens with zero attached hydrogens (tertiary/aromatic N) is 2. The maximum Gasteiger partial charge on any atom is 0.407 e. The predicted molar refractivity (Wildman–Crippen MR) is 143 cm³/mol. The lowest BCUT2D eigenvalue weighted by Gasteiger charge is -2.29. The highest BCUT2D eigenvalue weighted by atomic mass is 16.5. The van der Waals surface area contributed by atoms with Crippen molar-refractivity contribution >= 4 is 34.4 Å². The maximum absolute atomic E-state index is 14.0. The predicted octanol–water partition coefficient (Wildman–Crippen LogP) is 4.59. The van der Waals surface area contributed by atoms with Crippen molar-refractivity contribution in [3.8, 4) is 5.75 Å². The molecule has 3 aromatic carbocycles. The van der Waals surface area contributed by atoms with Crippen molar-refractivity contribution in [2.75, 3.05) is 18.6 Å². The van der Waals surface area contributed by atoms with E-state index >= 15 is 0 Å². The van der Waals surface area contributed by atoms with E-state index in [0.29, 0.717) is 19.4 Å². The quantitative estimate of drug-likeness (QED) is 0.468. The molecule has 37 heavy (non-hydrogen) atoms. The van der Waals surface area contributed by atoms with E-state index in [-0.39, 0.29) is 12.5 Å². The second kappa shape index (κ2) is 11.3. The first-order valence-electron chi connectivity index (χ1n) is 12.6. The molecule has 3 aromatic rings. The largest absolute Gasteiger partial charge is 0.493 e. The highest BCUT2D eigenvalue weighted by molar-refractivity contribution is 6.02. The molecule has 2 N–H and O–H groups in total. The van der Waals surface area contributed by atoms with Gasteiger partial charge in [0.15, 0.2) is 0 Å². The van der Waals surface area contributed by atoms with Crippen LogP contribution in [0.4, 0.5) is 10.5 Å². The average Bonchev–Trinajstić information content (AvgIpc) is 3.03. The second-order valence-electron chi connectivity index (χ2n) is 9.33. The topological polar surface area (TPSA) is 99.2 Å². The number of carbonyl (C=O) groups is 3. The Morgan fingerprint density at radius 2 is 1.86 bits per heavy atom. The number of nitrogens with one attached hydrogen (secondary N) is 1. The fraction of sp³-hybridized carbons (Fsp3) is 0.345. The van der Waals surface area contributed by atoms with Crippen LogP contribution < -0.4 is 15.0 Å². The summed E-state index contributed by atoms with van der Waals surface area (Å²) in [5.74, 6) is -0.0171. The lowest BCUT2D eigenvalue weighted by atomic mass is 10.0. The number of benzene rings is 3. The Labute approximate surface area is 216 Å². The summed E-state index contributed by atoms with van der Waals surface area (Å²) in [5, 5.41) is 14.1. The van der Waals surface area contributed by atoms with Crippen LogP contribution in [0.2, 0.25) is 0 Å². The van der Waals surface area contributed by atoms with Gasteiger partial charge in [0.05, 0.1) is 13.2 Å². The number of amides is 3. The minimum atomic E-state index is -1.21. The molecular weight excluding hydrogens is 470 g/mol. The first kappa shape index (κ1) is 26.0. The highest BCUT2D eigenvalue weighted by Crippen LogP contribution is 2.34. The summed E-state index contributed by atoms with van der Waals surface area (Å²) in [6, 6.07) is 18.0. The van der Waals surface area contributed by atoms with Crippen LogP contribution in [-0.4, -0.2) is 53.7 Å². The van der Waals surface area contributed by atoms with Crippen molar-refractivity contribution in [2.45, 2.75) is 51.7 Å². The number of ether oxygens (including phenoxy) is 1. The number of likely N-dealkylation sites (N-methyl/N-ethyl adjacent to an activating group) is 1. The molecule has 0 spiro atoms. The standard InChI is InChI=1S/C29H33N3O5/c1-4-17-37-26-16-14-20-9-5-7-11-22(20)23(26)18-32-25-12-8-6-10-21(25)13-15-24(28(32)34)30-27(33)19(2)31(3)29(35)36/h5-12,14,16,19,24H,4,13,15,17-18H2,1-3H3,(H,30,33)(H,35,36)/t19-,24-/m0/s1. The molecule has 8 heteroatoms. The van der Waals surface area contributed by atoms with Crippen LogP contribution in [0.1, 0.15) is 37.8 Å². The number of hydrogen-bond acceptors (Lipinski definition) is 4. The fourth-order valence-electron chi connectivity index (χ4n) is 4.63. The van der Waals surface area contributed by atoms with Crippen molar-refractivity contribution in [1.29, 1.82) is 0 Å². The number of carboxylic acid groups (broad SMARTS) is 1.